The maximum Gasteiger partial charge on any atom is 0.220 e. The van der Waals surface area contributed by atoms with Crippen LogP contribution in [0, 0.1) is 0 Å². The van der Waals surface area contributed by atoms with E-state index in [2.05, 4.69) is 31.3 Å². The van der Waals surface area contributed by atoms with Crippen molar-refractivity contribution in [1.29, 1.82) is 0 Å². The number of carbonyl (C=O) groups excluding carboxylic acids is 1. The Kier molecular flexibility index (Phi) is 36.4. The van der Waals surface area contributed by atoms with Crippen LogP contribution in [0.1, 0.15) is 213 Å². The normalized spacial score (nSPS) is 13.2. The third-order valence-corrected chi connectivity index (χ3v) is 9.19. The minimum absolute atomic E-state index is 0.0731. The van der Waals surface area contributed by atoms with Gasteiger partial charge >= 0.3 is 0 Å². The second kappa shape index (κ2) is 37.3. The second-order valence-electron chi connectivity index (χ2n) is 13.7. The summed E-state index contributed by atoms with van der Waals surface area (Å²) in [7, 11) is 0. The van der Waals surface area contributed by atoms with E-state index in [1.54, 1.807) is 6.08 Å². The van der Waals surface area contributed by atoms with E-state index in [1.807, 2.05) is 6.08 Å². The van der Waals surface area contributed by atoms with E-state index in [-0.39, 0.29) is 12.5 Å². The Balaban J connectivity index is 3.50. The lowest BCUT2D eigenvalue weighted by atomic mass is 10.0. The summed E-state index contributed by atoms with van der Waals surface area (Å²) in [5.74, 6) is -0.0731. The molecule has 0 spiro atoms. The molecule has 0 aliphatic carbocycles. The molecule has 0 aliphatic heterocycles. The summed E-state index contributed by atoms with van der Waals surface area (Å²) in [6.07, 6.45) is 47.1. The van der Waals surface area contributed by atoms with Crippen LogP contribution in [0.3, 0.4) is 0 Å². The van der Waals surface area contributed by atoms with Crippen LogP contribution in [0.15, 0.2) is 24.3 Å². The number of carbonyl (C=O) groups is 1. The van der Waals surface area contributed by atoms with Crippen LogP contribution in [-0.2, 0) is 4.79 Å². The van der Waals surface area contributed by atoms with Gasteiger partial charge in [0.2, 0.25) is 5.91 Å². The number of aliphatic hydroxyl groups is 2. The van der Waals surface area contributed by atoms with Crippen LogP contribution in [-0.4, -0.2) is 34.9 Å². The molecule has 4 nitrogen and oxygen atoms in total. The Morgan fingerprint density at radius 2 is 0.867 bits per heavy atom. The third kappa shape index (κ3) is 34.0. The molecular formula is C41H79NO3. The van der Waals surface area contributed by atoms with Crippen LogP contribution in [0.5, 0.6) is 0 Å². The minimum atomic E-state index is -0.855. The second-order valence-corrected chi connectivity index (χ2v) is 13.7. The van der Waals surface area contributed by atoms with Crippen molar-refractivity contribution in [3.8, 4) is 0 Å². The van der Waals surface area contributed by atoms with Gasteiger partial charge in [0.05, 0.1) is 18.8 Å². The largest absolute Gasteiger partial charge is 0.394 e. The molecule has 0 saturated carbocycles. The first-order valence-corrected chi connectivity index (χ1v) is 20.1. The van der Waals surface area contributed by atoms with Crippen molar-refractivity contribution in [3.05, 3.63) is 24.3 Å². The van der Waals surface area contributed by atoms with Gasteiger partial charge in [-0.25, -0.2) is 0 Å². The average Bonchev–Trinajstić information content (AvgIpc) is 3.04. The Bertz CT molecular complexity index is 647. The predicted molar refractivity (Wildman–Crippen MR) is 198 cm³/mol. The first-order chi connectivity index (χ1) is 22.2. The van der Waals surface area contributed by atoms with Gasteiger partial charge in [-0.3, -0.25) is 4.79 Å². The maximum absolute atomic E-state index is 12.3. The van der Waals surface area contributed by atoms with Gasteiger partial charge in [0.15, 0.2) is 0 Å². The van der Waals surface area contributed by atoms with Gasteiger partial charge < -0.3 is 15.5 Å². The lowest BCUT2D eigenvalue weighted by Gasteiger charge is -2.19. The van der Waals surface area contributed by atoms with Crippen molar-refractivity contribution in [2.45, 2.75) is 225 Å². The monoisotopic (exact) mass is 634 g/mol. The van der Waals surface area contributed by atoms with Crippen LogP contribution in [0.25, 0.3) is 0 Å². The quantitative estimate of drug-likeness (QED) is 0.0475. The highest BCUT2D eigenvalue weighted by atomic mass is 16.3. The number of allylic oxidation sites excluding steroid dienone is 3. The summed E-state index contributed by atoms with van der Waals surface area (Å²) in [5.41, 5.74) is 0. The zero-order valence-electron chi connectivity index (χ0n) is 30.4. The molecule has 0 aromatic carbocycles. The third-order valence-electron chi connectivity index (χ3n) is 9.19. The molecule has 0 unspecified atom stereocenters. The smallest absolute Gasteiger partial charge is 0.220 e. The predicted octanol–water partition coefficient (Wildman–Crippen LogP) is 12.1. The fourth-order valence-electron chi connectivity index (χ4n) is 6.08. The molecule has 0 fully saturated rings. The van der Waals surface area contributed by atoms with Crippen LogP contribution in [0.4, 0.5) is 0 Å². The lowest BCUT2D eigenvalue weighted by Crippen LogP contribution is -2.45. The highest BCUT2D eigenvalue weighted by Crippen LogP contribution is 2.16. The van der Waals surface area contributed by atoms with Gasteiger partial charge in [-0.2, -0.15) is 0 Å². The molecule has 45 heavy (non-hydrogen) atoms. The topological polar surface area (TPSA) is 69.6 Å². The number of hydrogen-bond acceptors (Lipinski definition) is 3. The van der Waals surface area contributed by atoms with Crippen molar-refractivity contribution in [2.75, 3.05) is 6.61 Å². The van der Waals surface area contributed by atoms with E-state index in [4.69, 9.17) is 0 Å². The van der Waals surface area contributed by atoms with E-state index in [1.165, 1.54) is 161 Å². The fourth-order valence-corrected chi connectivity index (χ4v) is 6.08. The van der Waals surface area contributed by atoms with Crippen LogP contribution in [0.2, 0.25) is 0 Å². The molecule has 0 rings (SSSR count). The Labute approximate surface area is 281 Å². The standard InChI is InChI=1S/C41H79NO3/c1-3-5-7-9-11-13-15-16-17-18-19-20-21-22-23-24-25-26-27-29-31-33-35-37-41(45)42-39(38-43)40(44)36-34-32-30-28-14-12-10-8-6-4-2/h14,28,34,36,39-40,43-44H,3-13,15-27,29-33,35,37-38H2,1-2H3,(H,42,45)/b28-14+,36-34+/t39-,40+/m0/s1. The first-order valence-electron chi connectivity index (χ1n) is 20.1. The summed E-state index contributed by atoms with van der Waals surface area (Å²) < 4.78 is 0. The van der Waals surface area contributed by atoms with E-state index < -0.39 is 12.1 Å². The van der Waals surface area contributed by atoms with Gasteiger partial charge in [-0.05, 0) is 32.1 Å². The van der Waals surface area contributed by atoms with E-state index in [9.17, 15) is 15.0 Å². The number of hydrogen-bond donors (Lipinski definition) is 3. The molecule has 0 aromatic heterocycles. The van der Waals surface area contributed by atoms with Crippen LogP contribution < -0.4 is 5.32 Å². The molecule has 0 aliphatic rings. The van der Waals surface area contributed by atoms with Crippen molar-refractivity contribution in [1.82, 2.24) is 5.32 Å². The zero-order valence-corrected chi connectivity index (χ0v) is 30.4. The molecular weight excluding hydrogens is 554 g/mol. The van der Waals surface area contributed by atoms with Gasteiger partial charge in [0.25, 0.3) is 0 Å². The average molecular weight is 634 g/mol. The van der Waals surface area contributed by atoms with Gasteiger partial charge in [0, 0.05) is 6.42 Å². The van der Waals surface area contributed by atoms with Crippen molar-refractivity contribution in [2.24, 2.45) is 0 Å². The number of nitrogens with one attached hydrogen (secondary N) is 1. The molecule has 3 N–H and O–H groups in total. The summed E-state index contributed by atoms with van der Waals surface area (Å²) >= 11 is 0. The van der Waals surface area contributed by atoms with Gasteiger partial charge in [-0.15, -0.1) is 0 Å². The molecule has 4 heteroatoms. The molecule has 0 aromatic rings. The minimum Gasteiger partial charge on any atom is -0.394 e. The molecule has 0 radical (unpaired) electrons. The number of rotatable bonds is 36. The summed E-state index contributed by atoms with van der Waals surface area (Å²) in [6, 6.07) is -0.632. The summed E-state index contributed by atoms with van der Waals surface area (Å²) in [4.78, 5) is 12.3. The van der Waals surface area contributed by atoms with Crippen molar-refractivity contribution >= 4 is 5.91 Å². The molecule has 0 heterocycles. The summed E-state index contributed by atoms with van der Waals surface area (Å²) in [5, 5.41) is 22.8. The highest BCUT2D eigenvalue weighted by molar-refractivity contribution is 5.76. The Morgan fingerprint density at radius 1 is 0.511 bits per heavy atom. The summed E-state index contributed by atoms with van der Waals surface area (Å²) in [6.45, 7) is 4.27. The number of unbranched alkanes of at least 4 members (excludes halogenated alkanes) is 27. The highest BCUT2D eigenvalue weighted by Gasteiger charge is 2.17. The Hall–Kier alpha value is -1.13. The number of aliphatic hydroxyl groups excluding tert-OH is 2. The fraction of sp³-hybridized carbons (Fsp3) is 0.878. The van der Waals surface area contributed by atoms with Gasteiger partial charge in [-0.1, -0.05) is 199 Å². The van der Waals surface area contributed by atoms with Crippen molar-refractivity contribution in [3.63, 3.8) is 0 Å². The van der Waals surface area contributed by atoms with Gasteiger partial charge in [0.1, 0.15) is 0 Å². The molecule has 1 amide bonds. The maximum atomic E-state index is 12.3. The van der Waals surface area contributed by atoms with E-state index in [0.717, 1.165) is 32.1 Å². The molecule has 0 saturated heterocycles. The van der Waals surface area contributed by atoms with Crippen LogP contribution >= 0.6 is 0 Å². The Morgan fingerprint density at radius 3 is 1.29 bits per heavy atom. The first kappa shape index (κ1) is 43.9. The van der Waals surface area contributed by atoms with Crippen molar-refractivity contribution < 1.29 is 15.0 Å². The molecule has 2 atom stereocenters. The SMILES string of the molecule is CCCCCC/C=C/CC/C=C/[C@@H](O)[C@H](CO)NC(=O)CCCCCCCCCCCCCCCCCCCCCCCCC. The van der Waals surface area contributed by atoms with E-state index >= 15 is 0 Å². The zero-order chi connectivity index (χ0) is 32.9. The molecule has 0 bridgehead atoms. The molecule has 266 valence electrons. The lowest BCUT2D eigenvalue weighted by molar-refractivity contribution is -0.123. The number of amides is 1. The van der Waals surface area contributed by atoms with E-state index in [0.29, 0.717) is 6.42 Å².